The molecule has 0 spiro atoms. The van der Waals surface area contributed by atoms with Gasteiger partial charge in [-0.05, 0) is 48.5 Å². The Hall–Kier alpha value is -3.40. The SMILES string of the molecule is COC(=O)CNC(=O)c1ccc(NS(=O)(=O)c2ccc(NC(C)=O)cc2)cc1. The number of hydrogen-bond donors (Lipinski definition) is 3. The molecule has 0 aliphatic heterocycles. The molecular formula is C18H19N3O6S. The van der Waals surface area contributed by atoms with Gasteiger partial charge in [0.05, 0.1) is 12.0 Å². The van der Waals surface area contributed by atoms with E-state index in [-0.39, 0.29) is 28.6 Å². The molecule has 0 aliphatic carbocycles. The summed E-state index contributed by atoms with van der Waals surface area (Å²) in [6.45, 7) is 1.09. The van der Waals surface area contributed by atoms with Gasteiger partial charge in [-0.25, -0.2) is 8.42 Å². The third-order valence-corrected chi connectivity index (χ3v) is 4.90. The standard InChI is InChI=1S/C18H19N3O6S/c1-12(22)20-14-7-9-16(10-8-14)28(25,26)21-15-5-3-13(4-6-15)18(24)19-11-17(23)27-2/h3-10,21H,11H2,1-2H3,(H,19,24)(H,20,22). The van der Waals surface area contributed by atoms with Crippen molar-refractivity contribution in [1.29, 1.82) is 0 Å². The molecule has 0 bridgehead atoms. The maximum absolute atomic E-state index is 12.4. The number of carbonyl (C=O) groups excluding carboxylic acids is 3. The van der Waals surface area contributed by atoms with Crippen LogP contribution in [0.3, 0.4) is 0 Å². The predicted octanol–water partition coefficient (Wildman–Crippen LogP) is 1.35. The molecule has 0 saturated heterocycles. The first kappa shape index (κ1) is 20.9. The Labute approximate surface area is 162 Å². The van der Waals surface area contributed by atoms with E-state index in [1.165, 1.54) is 62.6 Å². The van der Waals surface area contributed by atoms with Gasteiger partial charge in [0.25, 0.3) is 15.9 Å². The Balaban J connectivity index is 2.05. The van der Waals surface area contributed by atoms with Crippen molar-refractivity contribution in [2.24, 2.45) is 0 Å². The smallest absolute Gasteiger partial charge is 0.325 e. The number of benzene rings is 2. The maximum atomic E-state index is 12.4. The van der Waals surface area contributed by atoms with Gasteiger partial charge in [0.2, 0.25) is 5.91 Å². The van der Waals surface area contributed by atoms with E-state index in [0.717, 1.165) is 0 Å². The summed E-state index contributed by atoms with van der Waals surface area (Å²) in [5, 5.41) is 4.93. The normalized spacial score (nSPS) is 10.6. The molecule has 148 valence electrons. The van der Waals surface area contributed by atoms with E-state index < -0.39 is 21.9 Å². The molecule has 0 heterocycles. The number of ether oxygens (including phenoxy) is 1. The van der Waals surface area contributed by atoms with Crippen LogP contribution in [-0.4, -0.2) is 39.9 Å². The fourth-order valence-corrected chi connectivity index (χ4v) is 3.21. The third-order valence-electron chi connectivity index (χ3n) is 3.51. The van der Waals surface area contributed by atoms with Gasteiger partial charge in [0.15, 0.2) is 0 Å². The molecule has 3 N–H and O–H groups in total. The fourth-order valence-electron chi connectivity index (χ4n) is 2.15. The lowest BCUT2D eigenvalue weighted by Crippen LogP contribution is -2.30. The summed E-state index contributed by atoms with van der Waals surface area (Å²) in [5.41, 5.74) is 0.996. The maximum Gasteiger partial charge on any atom is 0.325 e. The van der Waals surface area contributed by atoms with Crippen LogP contribution in [-0.2, 0) is 24.3 Å². The molecule has 2 aromatic rings. The number of rotatable bonds is 7. The van der Waals surface area contributed by atoms with Crippen molar-refractivity contribution < 1.29 is 27.5 Å². The van der Waals surface area contributed by atoms with Crippen LogP contribution in [0.1, 0.15) is 17.3 Å². The van der Waals surface area contributed by atoms with Gasteiger partial charge in [-0.1, -0.05) is 0 Å². The highest BCUT2D eigenvalue weighted by Gasteiger charge is 2.15. The van der Waals surface area contributed by atoms with Crippen molar-refractivity contribution in [1.82, 2.24) is 5.32 Å². The Morgan fingerprint density at radius 1 is 0.929 bits per heavy atom. The highest BCUT2D eigenvalue weighted by Crippen LogP contribution is 2.18. The van der Waals surface area contributed by atoms with E-state index in [4.69, 9.17) is 0 Å². The zero-order valence-electron chi connectivity index (χ0n) is 15.2. The molecule has 2 amide bonds. The monoisotopic (exact) mass is 405 g/mol. The van der Waals surface area contributed by atoms with Crippen LogP contribution in [0.25, 0.3) is 0 Å². The Bertz CT molecular complexity index is 969. The summed E-state index contributed by atoms with van der Waals surface area (Å²) in [7, 11) is -2.63. The van der Waals surface area contributed by atoms with Crippen molar-refractivity contribution in [3.8, 4) is 0 Å². The van der Waals surface area contributed by atoms with E-state index in [9.17, 15) is 22.8 Å². The van der Waals surface area contributed by atoms with Crippen molar-refractivity contribution >= 4 is 39.2 Å². The summed E-state index contributed by atoms with van der Waals surface area (Å²) in [6, 6.07) is 11.4. The highest BCUT2D eigenvalue weighted by molar-refractivity contribution is 7.92. The van der Waals surface area contributed by atoms with Crippen molar-refractivity contribution in [2.45, 2.75) is 11.8 Å². The van der Waals surface area contributed by atoms with Crippen molar-refractivity contribution in [3.05, 3.63) is 54.1 Å². The molecule has 2 rings (SSSR count). The predicted molar refractivity (Wildman–Crippen MR) is 102 cm³/mol. The first-order chi connectivity index (χ1) is 13.2. The van der Waals surface area contributed by atoms with Crippen LogP contribution in [0, 0.1) is 0 Å². The number of hydrogen-bond acceptors (Lipinski definition) is 6. The number of methoxy groups -OCH3 is 1. The van der Waals surface area contributed by atoms with Gasteiger partial charge in [-0.15, -0.1) is 0 Å². The molecule has 9 nitrogen and oxygen atoms in total. The van der Waals surface area contributed by atoms with E-state index >= 15 is 0 Å². The molecule has 2 aromatic carbocycles. The van der Waals surface area contributed by atoms with E-state index in [1.54, 1.807) is 0 Å². The summed E-state index contributed by atoms with van der Waals surface area (Å²) < 4.78 is 31.7. The van der Waals surface area contributed by atoms with Gasteiger partial charge >= 0.3 is 5.97 Å². The minimum absolute atomic E-state index is 0.0153. The molecule has 0 saturated carbocycles. The Kier molecular flexibility index (Phi) is 6.72. The minimum atomic E-state index is -3.84. The van der Waals surface area contributed by atoms with Crippen LogP contribution in [0.2, 0.25) is 0 Å². The molecule has 0 aliphatic rings. The van der Waals surface area contributed by atoms with E-state index in [2.05, 4.69) is 20.1 Å². The Morgan fingerprint density at radius 3 is 2.04 bits per heavy atom. The first-order valence-corrected chi connectivity index (χ1v) is 9.55. The molecule has 0 aromatic heterocycles. The number of anilines is 2. The third kappa shape index (κ3) is 5.81. The lowest BCUT2D eigenvalue weighted by atomic mass is 10.2. The lowest BCUT2D eigenvalue weighted by Gasteiger charge is -2.10. The topological polar surface area (TPSA) is 131 Å². The molecule has 0 unspecified atom stereocenters. The second-order valence-corrected chi connectivity index (χ2v) is 7.33. The average molecular weight is 405 g/mol. The van der Waals surface area contributed by atoms with Crippen LogP contribution in [0.4, 0.5) is 11.4 Å². The molecule has 28 heavy (non-hydrogen) atoms. The van der Waals surface area contributed by atoms with E-state index in [1.807, 2.05) is 0 Å². The second kappa shape index (κ2) is 9.00. The van der Waals surface area contributed by atoms with Gasteiger partial charge in [-0.3, -0.25) is 19.1 Å². The quantitative estimate of drug-likeness (QED) is 0.596. The number of esters is 1. The highest BCUT2D eigenvalue weighted by atomic mass is 32.2. The molecular weight excluding hydrogens is 386 g/mol. The average Bonchev–Trinajstić information content (AvgIpc) is 2.66. The molecule has 0 radical (unpaired) electrons. The zero-order valence-corrected chi connectivity index (χ0v) is 16.0. The minimum Gasteiger partial charge on any atom is -0.468 e. The summed E-state index contributed by atoms with van der Waals surface area (Å²) in [5.74, 6) is -1.33. The summed E-state index contributed by atoms with van der Waals surface area (Å²) >= 11 is 0. The van der Waals surface area contributed by atoms with Crippen molar-refractivity contribution in [2.75, 3.05) is 23.7 Å². The lowest BCUT2D eigenvalue weighted by molar-refractivity contribution is -0.139. The molecule has 10 heteroatoms. The van der Waals surface area contributed by atoms with Gasteiger partial charge < -0.3 is 15.4 Å². The first-order valence-electron chi connectivity index (χ1n) is 8.07. The van der Waals surface area contributed by atoms with Crippen molar-refractivity contribution in [3.63, 3.8) is 0 Å². The van der Waals surface area contributed by atoms with Gasteiger partial charge in [-0.2, -0.15) is 0 Å². The number of amides is 2. The van der Waals surface area contributed by atoms with Crippen LogP contribution >= 0.6 is 0 Å². The number of carbonyl (C=O) groups is 3. The zero-order chi connectivity index (χ0) is 20.7. The van der Waals surface area contributed by atoms with Crippen LogP contribution in [0.15, 0.2) is 53.4 Å². The number of nitrogens with one attached hydrogen (secondary N) is 3. The molecule has 0 atom stereocenters. The largest absolute Gasteiger partial charge is 0.468 e. The van der Waals surface area contributed by atoms with Gasteiger partial charge in [0.1, 0.15) is 6.54 Å². The Morgan fingerprint density at radius 2 is 1.50 bits per heavy atom. The van der Waals surface area contributed by atoms with Crippen LogP contribution in [0.5, 0.6) is 0 Å². The number of sulfonamides is 1. The van der Waals surface area contributed by atoms with Crippen LogP contribution < -0.4 is 15.4 Å². The summed E-state index contributed by atoms with van der Waals surface area (Å²) in [6.07, 6.45) is 0. The van der Waals surface area contributed by atoms with E-state index in [0.29, 0.717) is 5.69 Å². The van der Waals surface area contributed by atoms with Gasteiger partial charge in [0, 0.05) is 23.9 Å². The summed E-state index contributed by atoms with van der Waals surface area (Å²) in [4.78, 5) is 34.0. The molecule has 0 fully saturated rings. The fraction of sp³-hybridized carbons (Fsp3) is 0.167. The second-order valence-electron chi connectivity index (χ2n) is 5.65.